The van der Waals surface area contributed by atoms with Gasteiger partial charge in [-0.05, 0) is 31.6 Å². The minimum Gasteiger partial charge on any atom is -0.385 e. The van der Waals surface area contributed by atoms with Crippen molar-refractivity contribution in [3.8, 4) is 0 Å². The van der Waals surface area contributed by atoms with Crippen molar-refractivity contribution >= 4 is 11.8 Å². The molecule has 1 aliphatic heterocycles. The van der Waals surface area contributed by atoms with Gasteiger partial charge in [0, 0.05) is 20.3 Å². The molecular weight excluding hydrogens is 232 g/mol. The van der Waals surface area contributed by atoms with Crippen molar-refractivity contribution in [3.05, 3.63) is 0 Å². The van der Waals surface area contributed by atoms with E-state index in [0.29, 0.717) is 25.5 Å². The van der Waals surface area contributed by atoms with E-state index in [1.54, 1.807) is 12.0 Å². The summed E-state index contributed by atoms with van der Waals surface area (Å²) >= 11 is 0. The Morgan fingerprint density at radius 1 is 1.39 bits per heavy atom. The molecule has 2 aliphatic rings. The van der Waals surface area contributed by atoms with Crippen molar-refractivity contribution in [2.75, 3.05) is 20.3 Å². The maximum absolute atomic E-state index is 12.3. The lowest BCUT2D eigenvalue weighted by Crippen LogP contribution is -2.64. The molecule has 1 aliphatic carbocycles. The van der Waals surface area contributed by atoms with E-state index in [9.17, 15) is 9.59 Å². The van der Waals surface area contributed by atoms with Gasteiger partial charge in [0.15, 0.2) is 0 Å². The maximum Gasteiger partial charge on any atom is 0.245 e. The van der Waals surface area contributed by atoms with Crippen molar-refractivity contribution in [1.82, 2.24) is 10.2 Å². The van der Waals surface area contributed by atoms with Gasteiger partial charge in [0.05, 0.1) is 0 Å². The fourth-order valence-corrected chi connectivity index (χ4v) is 2.58. The zero-order valence-corrected chi connectivity index (χ0v) is 11.1. The molecule has 1 N–H and O–H groups in total. The van der Waals surface area contributed by atoms with Gasteiger partial charge in [-0.15, -0.1) is 0 Å². The van der Waals surface area contributed by atoms with E-state index in [2.05, 4.69) is 5.32 Å². The predicted octanol–water partition coefficient (Wildman–Crippen LogP) is 0.538. The minimum atomic E-state index is -0.338. The number of nitrogens with one attached hydrogen (secondary N) is 1. The molecule has 102 valence electrons. The summed E-state index contributed by atoms with van der Waals surface area (Å²) < 4.78 is 5.02. The monoisotopic (exact) mass is 254 g/mol. The molecule has 0 spiro atoms. The van der Waals surface area contributed by atoms with Crippen LogP contribution in [-0.4, -0.2) is 49.1 Å². The van der Waals surface area contributed by atoms with Crippen molar-refractivity contribution in [2.45, 2.75) is 44.7 Å². The molecule has 0 aromatic rings. The highest BCUT2D eigenvalue weighted by atomic mass is 16.5. The highest BCUT2D eigenvalue weighted by Crippen LogP contribution is 2.37. The quantitative estimate of drug-likeness (QED) is 0.704. The van der Waals surface area contributed by atoms with Gasteiger partial charge >= 0.3 is 0 Å². The third kappa shape index (κ3) is 2.66. The van der Waals surface area contributed by atoms with Crippen molar-refractivity contribution in [1.29, 1.82) is 0 Å². The molecule has 5 nitrogen and oxygen atoms in total. The Labute approximate surface area is 108 Å². The summed E-state index contributed by atoms with van der Waals surface area (Å²) in [6, 6.07) is -0.577. The van der Waals surface area contributed by atoms with Gasteiger partial charge in [-0.1, -0.05) is 6.92 Å². The van der Waals surface area contributed by atoms with Gasteiger partial charge in [0.2, 0.25) is 11.8 Å². The second kappa shape index (κ2) is 5.69. The Kier molecular flexibility index (Phi) is 4.22. The first-order chi connectivity index (χ1) is 8.69. The third-order valence-electron chi connectivity index (χ3n) is 3.73. The smallest absolute Gasteiger partial charge is 0.245 e. The first kappa shape index (κ1) is 13.3. The van der Waals surface area contributed by atoms with Crippen LogP contribution in [0.2, 0.25) is 0 Å². The summed E-state index contributed by atoms with van der Waals surface area (Å²) in [5.41, 5.74) is 0. The fourth-order valence-electron chi connectivity index (χ4n) is 2.58. The van der Waals surface area contributed by atoms with E-state index in [4.69, 9.17) is 4.74 Å². The van der Waals surface area contributed by atoms with Crippen molar-refractivity contribution in [2.24, 2.45) is 5.92 Å². The molecule has 2 unspecified atom stereocenters. The summed E-state index contributed by atoms with van der Waals surface area (Å²) in [5, 5.41) is 2.85. The van der Waals surface area contributed by atoms with E-state index >= 15 is 0 Å². The van der Waals surface area contributed by atoms with E-state index in [1.165, 1.54) is 0 Å². The molecule has 0 aromatic heterocycles. The fraction of sp³-hybridized carbons (Fsp3) is 0.846. The number of methoxy groups -OCH3 is 1. The van der Waals surface area contributed by atoms with Crippen molar-refractivity contribution in [3.63, 3.8) is 0 Å². The normalized spacial score (nSPS) is 28.4. The zero-order valence-electron chi connectivity index (χ0n) is 11.1. The van der Waals surface area contributed by atoms with Crippen LogP contribution in [0.4, 0.5) is 0 Å². The number of hydrogen-bond acceptors (Lipinski definition) is 3. The minimum absolute atomic E-state index is 0.0290. The summed E-state index contributed by atoms with van der Waals surface area (Å²) in [4.78, 5) is 26.2. The van der Waals surface area contributed by atoms with Crippen molar-refractivity contribution < 1.29 is 14.3 Å². The SMILES string of the molecule is CCC1NC(=O)C(C2CC2)N(CCCOC)C1=O. The van der Waals surface area contributed by atoms with Crippen LogP contribution in [0.1, 0.15) is 32.6 Å². The van der Waals surface area contributed by atoms with Gasteiger partial charge in [0.25, 0.3) is 0 Å². The maximum atomic E-state index is 12.3. The molecule has 18 heavy (non-hydrogen) atoms. The summed E-state index contributed by atoms with van der Waals surface area (Å²) in [7, 11) is 1.65. The molecule has 5 heteroatoms. The standard InChI is InChI=1S/C13H22N2O3/c1-3-10-13(17)15(7-4-8-18-2)11(9-5-6-9)12(16)14-10/h9-11H,3-8H2,1-2H3,(H,14,16). The number of carbonyl (C=O) groups is 2. The van der Waals surface area contributed by atoms with Crippen LogP contribution in [0.3, 0.4) is 0 Å². The molecule has 1 saturated carbocycles. The van der Waals surface area contributed by atoms with Gasteiger partial charge < -0.3 is 15.0 Å². The number of carbonyl (C=O) groups excluding carboxylic acids is 2. The van der Waals surface area contributed by atoms with Crippen LogP contribution in [0, 0.1) is 5.92 Å². The zero-order chi connectivity index (χ0) is 13.1. The van der Waals surface area contributed by atoms with Crippen LogP contribution in [0.15, 0.2) is 0 Å². The number of ether oxygens (including phenoxy) is 1. The lowest BCUT2D eigenvalue weighted by Gasteiger charge is -2.39. The van der Waals surface area contributed by atoms with Crippen LogP contribution < -0.4 is 5.32 Å². The van der Waals surface area contributed by atoms with Crippen LogP contribution in [0.5, 0.6) is 0 Å². The van der Waals surface area contributed by atoms with E-state index in [-0.39, 0.29) is 23.9 Å². The molecule has 2 amide bonds. The lowest BCUT2D eigenvalue weighted by molar-refractivity contribution is -0.150. The topological polar surface area (TPSA) is 58.6 Å². The van der Waals surface area contributed by atoms with E-state index < -0.39 is 0 Å². The largest absolute Gasteiger partial charge is 0.385 e. The van der Waals surface area contributed by atoms with Crippen LogP contribution in [0.25, 0.3) is 0 Å². The number of amides is 2. The summed E-state index contributed by atoms with van der Waals surface area (Å²) in [6.07, 6.45) is 3.56. The van der Waals surface area contributed by atoms with E-state index in [0.717, 1.165) is 19.3 Å². The first-order valence-corrected chi connectivity index (χ1v) is 6.78. The summed E-state index contributed by atoms with van der Waals surface area (Å²) in [5.74, 6) is 0.473. The average Bonchev–Trinajstić information content (AvgIpc) is 3.17. The van der Waals surface area contributed by atoms with Gasteiger partial charge in [-0.25, -0.2) is 0 Å². The number of piperazine rings is 1. The molecule has 2 rings (SSSR count). The highest BCUT2D eigenvalue weighted by molar-refractivity contribution is 5.97. The van der Waals surface area contributed by atoms with E-state index in [1.807, 2.05) is 6.92 Å². The second-order valence-electron chi connectivity index (χ2n) is 5.13. The Bertz CT molecular complexity index is 328. The molecule has 2 fully saturated rings. The third-order valence-corrected chi connectivity index (χ3v) is 3.73. The lowest BCUT2D eigenvalue weighted by atomic mass is 10.0. The molecule has 0 aromatic carbocycles. The average molecular weight is 254 g/mol. The molecule has 0 radical (unpaired) electrons. The van der Waals surface area contributed by atoms with Gasteiger partial charge in [0.1, 0.15) is 12.1 Å². The number of rotatable bonds is 6. The Balaban J connectivity index is 2.06. The van der Waals surface area contributed by atoms with Crippen LogP contribution in [-0.2, 0) is 14.3 Å². The number of nitrogens with zero attached hydrogens (tertiary/aromatic N) is 1. The Morgan fingerprint density at radius 2 is 2.11 bits per heavy atom. The van der Waals surface area contributed by atoms with Gasteiger partial charge in [-0.2, -0.15) is 0 Å². The molecule has 1 heterocycles. The molecule has 0 bridgehead atoms. The van der Waals surface area contributed by atoms with Crippen LogP contribution >= 0.6 is 0 Å². The molecule has 1 saturated heterocycles. The predicted molar refractivity (Wildman–Crippen MR) is 66.9 cm³/mol. The van der Waals surface area contributed by atoms with Gasteiger partial charge in [-0.3, -0.25) is 9.59 Å². The second-order valence-corrected chi connectivity index (χ2v) is 5.13. The first-order valence-electron chi connectivity index (χ1n) is 6.78. The Morgan fingerprint density at radius 3 is 2.67 bits per heavy atom. The molecule has 2 atom stereocenters. The highest BCUT2D eigenvalue weighted by Gasteiger charge is 2.46. The molecular formula is C13H22N2O3. The Hall–Kier alpha value is -1.10. The summed E-state index contributed by atoms with van der Waals surface area (Å²) in [6.45, 7) is 3.17. The number of hydrogen-bond donors (Lipinski definition) is 1.